The lowest BCUT2D eigenvalue weighted by Crippen LogP contribution is -2.25. The van der Waals surface area contributed by atoms with Crippen LogP contribution in [-0.4, -0.2) is 36.6 Å². The minimum absolute atomic E-state index is 0.00345. The third kappa shape index (κ3) is 3.67. The molecule has 1 aliphatic rings. The molecule has 3 aromatic heterocycles. The molecule has 150 valence electrons. The third-order valence-electron chi connectivity index (χ3n) is 4.14. The van der Waals surface area contributed by atoms with Gasteiger partial charge in [0.2, 0.25) is 0 Å². The Kier molecular flexibility index (Phi) is 4.95. The highest BCUT2D eigenvalue weighted by Gasteiger charge is 2.38. The van der Waals surface area contributed by atoms with Crippen LogP contribution in [0.5, 0.6) is 0 Å². The van der Waals surface area contributed by atoms with Crippen molar-refractivity contribution in [3.05, 3.63) is 52.7 Å². The number of thioether (sulfide) groups is 1. The number of pyridine rings is 1. The third-order valence-corrected chi connectivity index (χ3v) is 5.24. The van der Waals surface area contributed by atoms with Crippen molar-refractivity contribution < 1.29 is 18.0 Å². The van der Waals surface area contributed by atoms with Gasteiger partial charge in [-0.05, 0) is 24.0 Å². The van der Waals surface area contributed by atoms with E-state index in [0.717, 1.165) is 6.07 Å². The fraction of sp³-hybridized carbons (Fsp3) is 0.235. The molecule has 12 heteroatoms. The first-order chi connectivity index (χ1) is 13.8. The van der Waals surface area contributed by atoms with Crippen molar-refractivity contribution in [3.8, 4) is 5.69 Å². The first kappa shape index (κ1) is 19.6. The zero-order valence-corrected chi connectivity index (χ0v) is 16.4. The fourth-order valence-corrected chi connectivity index (χ4v) is 3.80. The number of rotatable bonds is 4. The number of hydrogen-bond acceptors (Lipinski definition) is 6. The maximum absolute atomic E-state index is 12.9. The van der Waals surface area contributed by atoms with Crippen molar-refractivity contribution in [2.45, 2.75) is 24.5 Å². The van der Waals surface area contributed by atoms with Gasteiger partial charge in [0.25, 0.3) is 5.91 Å². The van der Waals surface area contributed by atoms with Crippen LogP contribution in [0.4, 0.5) is 19.0 Å². The average molecular weight is 441 g/mol. The number of anilines is 1. The molecule has 3 aromatic rings. The molecule has 0 saturated heterocycles. The number of aromatic nitrogens is 5. The number of amides is 1. The van der Waals surface area contributed by atoms with Gasteiger partial charge in [0, 0.05) is 6.20 Å². The lowest BCUT2D eigenvalue weighted by molar-refractivity contribution is -0.141. The molecule has 0 fully saturated rings. The van der Waals surface area contributed by atoms with Crippen molar-refractivity contribution >= 4 is 35.1 Å². The Morgan fingerprint density at radius 2 is 2.07 bits per heavy atom. The van der Waals surface area contributed by atoms with Crippen LogP contribution in [-0.2, 0) is 12.7 Å². The van der Waals surface area contributed by atoms with Crippen LogP contribution in [0.2, 0.25) is 5.15 Å². The molecule has 0 unspecified atom stereocenters. The Morgan fingerprint density at radius 1 is 1.28 bits per heavy atom. The second-order valence-corrected chi connectivity index (χ2v) is 7.70. The van der Waals surface area contributed by atoms with E-state index >= 15 is 0 Å². The number of hydrogen-bond donors (Lipinski definition) is 0. The second-order valence-electron chi connectivity index (χ2n) is 6.01. The highest BCUT2D eigenvalue weighted by Crippen LogP contribution is 2.36. The summed E-state index contributed by atoms with van der Waals surface area (Å²) in [4.78, 5) is 19.2. The van der Waals surface area contributed by atoms with E-state index in [0.29, 0.717) is 27.3 Å². The standard InChI is InChI=1S/C17H12ClF3N6OS/c1-2-29-12-5-9(27-4-3-14(18)25-27)7-22-15(12)26-8-11-10(16(26)28)6-13(24-23-11)17(19,20)21/h3-7H,2,8H2,1H3. The summed E-state index contributed by atoms with van der Waals surface area (Å²) >= 11 is 7.30. The number of alkyl halides is 3. The normalized spacial score (nSPS) is 13.8. The summed E-state index contributed by atoms with van der Waals surface area (Å²) in [6, 6.07) is 4.15. The van der Waals surface area contributed by atoms with Crippen LogP contribution >= 0.6 is 23.4 Å². The zero-order chi connectivity index (χ0) is 20.8. The monoisotopic (exact) mass is 440 g/mol. The molecule has 0 aromatic carbocycles. The van der Waals surface area contributed by atoms with Gasteiger partial charge in [0.05, 0.1) is 34.6 Å². The molecule has 7 nitrogen and oxygen atoms in total. The summed E-state index contributed by atoms with van der Waals surface area (Å²) in [5.74, 6) is 0.446. The Morgan fingerprint density at radius 3 is 2.72 bits per heavy atom. The Hall–Kier alpha value is -2.66. The van der Waals surface area contributed by atoms with Crippen LogP contribution in [0.15, 0.2) is 35.5 Å². The smallest absolute Gasteiger partial charge is 0.286 e. The van der Waals surface area contributed by atoms with Gasteiger partial charge < -0.3 is 0 Å². The average Bonchev–Trinajstić information content (AvgIpc) is 3.25. The largest absolute Gasteiger partial charge is 0.435 e. The first-order valence-electron chi connectivity index (χ1n) is 8.38. The molecule has 29 heavy (non-hydrogen) atoms. The van der Waals surface area contributed by atoms with Gasteiger partial charge in [0.15, 0.2) is 10.8 Å². The van der Waals surface area contributed by atoms with Crippen LogP contribution in [0, 0.1) is 0 Å². The molecule has 4 rings (SSSR count). The van der Waals surface area contributed by atoms with E-state index in [1.807, 2.05) is 6.92 Å². The molecule has 4 heterocycles. The van der Waals surface area contributed by atoms with Crippen molar-refractivity contribution in [2.75, 3.05) is 10.7 Å². The van der Waals surface area contributed by atoms with Crippen LogP contribution in [0.3, 0.4) is 0 Å². The quantitative estimate of drug-likeness (QED) is 0.571. The Labute approximate surface area is 171 Å². The first-order valence-corrected chi connectivity index (χ1v) is 9.74. The SMILES string of the molecule is CCSc1cc(-n2ccc(Cl)n2)cnc1N1Cc2nnc(C(F)(F)F)cc2C1=O. The molecule has 1 amide bonds. The van der Waals surface area contributed by atoms with Crippen molar-refractivity contribution in [1.82, 2.24) is 25.0 Å². The van der Waals surface area contributed by atoms with E-state index in [1.165, 1.54) is 22.9 Å². The maximum Gasteiger partial charge on any atom is 0.435 e. The summed E-state index contributed by atoms with van der Waals surface area (Å²) in [6.07, 6.45) is -1.49. The number of carbonyl (C=O) groups excluding carboxylic acids is 1. The molecular formula is C17H12ClF3N6OS. The Balaban J connectivity index is 1.71. The molecule has 0 bridgehead atoms. The molecule has 0 saturated carbocycles. The van der Waals surface area contributed by atoms with Gasteiger partial charge in [0.1, 0.15) is 5.82 Å². The number of halogens is 4. The van der Waals surface area contributed by atoms with Gasteiger partial charge in [-0.1, -0.05) is 18.5 Å². The van der Waals surface area contributed by atoms with E-state index < -0.39 is 17.8 Å². The number of nitrogens with zero attached hydrogens (tertiary/aromatic N) is 6. The predicted octanol–water partition coefficient (Wildman–Crippen LogP) is 4.00. The topological polar surface area (TPSA) is 76.8 Å². The molecule has 0 atom stereocenters. The highest BCUT2D eigenvalue weighted by molar-refractivity contribution is 7.99. The summed E-state index contributed by atoms with van der Waals surface area (Å²) in [7, 11) is 0. The minimum atomic E-state index is -4.68. The Bertz CT molecular complexity index is 1100. The maximum atomic E-state index is 12.9. The van der Waals surface area contributed by atoms with Gasteiger partial charge in [-0.15, -0.1) is 16.9 Å². The lowest BCUT2D eigenvalue weighted by atomic mass is 10.2. The summed E-state index contributed by atoms with van der Waals surface area (Å²) < 4.78 is 40.3. The van der Waals surface area contributed by atoms with E-state index in [4.69, 9.17) is 11.6 Å². The van der Waals surface area contributed by atoms with E-state index in [9.17, 15) is 18.0 Å². The molecule has 0 spiro atoms. The second kappa shape index (κ2) is 7.30. The van der Waals surface area contributed by atoms with Crippen molar-refractivity contribution in [2.24, 2.45) is 0 Å². The summed E-state index contributed by atoms with van der Waals surface area (Å²) in [6.45, 7) is 1.93. The van der Waals surface area contributed by atoms with Gasteiger partial charge in [-0.25, -0.2) is 9.67 Å². The van der Waals surface area contributed by atoms with Crippen LogP contribution < -0.4 is 4.90 Å². The van der Waals surface area contributed by atoms with Crippen molar-refractivity contribution in [1.29, 1.82) is 0 Å². The lowest BCUT2D eigenvalue weighted by Gasteiger charge is -2.18. The van der Waals surface area contributed by atoms with Crippen molar-refractivity contribution in [3.63, 3.8) is 0 Å². The predicted molar refractivity (Wildman–Crippen MR) is 100 cm³/mol. The van der Waals surface area contributed by atoms with Gasteiger partial charge >= 0.3 is 6.18 Å². The molecule has 0 N–H and O–H groups in total. The molecule has 0 aliphatic carbocycles. The van der Waals surface area contributed by atoms with E-state index in [1.54, 1.807) is 23.0 Å². The van der Waals surface area contributed by atoms with Crippen LogP contribution in [0.1, 0.15) is 28.7 Å². The van der Waals surface area contributed by atoms with Gasteiger partial charge in [-0.3, -0.25) is 9.69 Å². The van der Waals surface area contributed by atoms with E-state index in [2.05, 4.69) is 20.3 Å². The van der Waals surface area contributed by atoms with Crippen LogP contribution in [0.25, 0.3) is 5.69 Å². The molecular weight excluding hydrogens is 429 g/mol. The summed E-state index contributed by atoms with van der Waals surface area (Å²) in [5, 5.41) is 11.2. The van der Waals surface area contributed by atoms with Gasteiger partial charge in [-0.2, -0.15) is 23.4 Å². The molecule has 1 aliphatic heterocycles. The highest BCUT2D eigenvalue weighted by atomic mass is 35.5. The molecule has 0 radical (unpaired) electrons. The summed E-state index contributed by atoms with van der Waals surface area (Å²) in [5.41, 5.74) is -0.502. The fourth-order valence-electron chi connectivity index (χ4n) is 2.86. The minimum Gasteiger partial charge on any atom is -0.286 e. The van der Waals surface area contributed by atoms with E-state index in [-0.39, 0.29) is 17.8 Å². The zero-order valence-electron chi connectivity index (χ0n) is 14.8. The number of fused-ring (bicyclic) bond motifs is 1. The number of carbonyl (C=O) groups is 1.